The Labute approximate surface area is 90.2 Å². The van der Waals surface area contributed by atoms with Gasteiger partial charge in [0, 0.05) is 11.6 Å². The van der Waals surface area contributed by atoms with Gasteiger partial charge in [0.25, 0.3) is 0 Å². The molecule has 1 atom stereocenters. The topological polar surface area (TPSA) is 44.5 Å². The summed E-state index contributed by atoms with van der Waals surface area (Å²) in [5, 5.41) is 0. The van der Waals surface area contributed by atoms with Crippen molar-refractivity contribution in [2.45, 2.75) is 25.8 Å². The van der Waals surface area contributed by atoms with Crippen molar-refractivity contribution >= 4 is 0 Å². The second-order valence-corrected chi connectivity index (χ2v) is 3.73. The fourth-order valence-corrected chi connectivity index (χ4v) is 1.85. The predicted octanol–water partition coefficient (Wildman–Crippen LogP) is 2.26. The van der Waals surface area contributed by atoms with E-state index in [9.17, 15) is 0 Å². The molecule has 0 saturated heterocycles. The molecule has 2 rings (SSSR count). The van der Waals surface area contributed by atoms with Crippen molar-refractivity contribution in [2.75, 3.05) is 13.2 Å². The van der Waals surface area contributed by atoms with Crippen molar-refractivity contribution in [2.24, 2.45) is 5.73 Å². The lowest BCUT2D eigenvalue weighted by Gasteiger charge is -2.13. The van der Waals surface area contributed by atoms with E-state index < -0.39 is 0 Å². The highest BCUT2D eigenvalue weighted by molar-refractivity contribution is 5.42. The van der Waals surface area contributed by atoms with Crippen molar-refractivity contribution in [1.29, 1.82) is 0 Å². The standard InChI is InChI=1S/C12H17NO2/c1-2-14-9-5-6-12-10(8-9)11(13)4-3-7-15-12/h5-6,8,11H,2-4,7,13H2,1H3. The van der Waals surface area contributed by atoms with Crippen LogP contribution in [0.15, 0.2) is 18.2 Å². The first-order valence-corrected chi connectivity index (χ1v) is 5.46. The lowest BCUT2D eigenvalue weighted by Crippen LogP contribution is -2.09. The number of ether oxygens (including phenoxy) is 2. The van der Waals surface area contributed by atoms with Crippen LogP contribution in [0.3, 0.4) is 0 Å². The van der Waals surface area contributed by atoms with Gasteiger partial charge in [0.15, 0.2) is 0 Å². The molecule has 1 unspecified atom stereocenters. The molecule has 15 heavy (non-hydrogen) atoms. The first-order chi connectivity index (χ1) is 7.31. The van der Waals surface area contributed by atoms with E-state index in [1.807, 2.05) is 25.1 Å². The first-order valence-electron chi connectivity index (χ1n) is 5.46. The second kappa shape index (κ2) is 4.53. The molecule has 1 heterocycles. The van der Waals surface area contributed by atoms with Gasteiger partial charge in [-0.05, 0) is 38.0 Å². The third-order valence-electron chi connectivity index (χ3n) is 2.61. The van der Waals surface area contributed by atoms with Gasteiger partial charge in [0.2, 0.25) is 0 Å². The van der Waals surface area contributed by atoms with Gasteiger partial charge in [-0.2, -0.15) is 0 Å². The van der Waals surface area contributed by atoms with Gasteiger partial charge in [0.1, 0.15) is 11.5 Å². The maximum atomic E-state index is 6.08. The molecule has 0 bridgehead atoms. The minimum Gasteiger partial charge on any atom is -0.494 e. The Morgan fingerprint density at radius 2 is 2.40 bits per heavy atom. The predicted molar refractivity (Wildman–Crippen MR) is 59.3 cm³/mol. The van der Waals surface area contributed by atoms with Crippen molar-refractivity contribution in [3.05, 3.63) is 23.8 Å². The van der Waals surface area contributed by atoms with Crippen LogP contribution in [-0.2, 0) is 0 Å². The molecule has 82 valence electrons. The minimum absolute atomic E-state index is 0.0721. The van der Waals surface area contributed by atoms with E-state index in [0.717, 1.165) is 36.5 Å². The number of hydrogen-bond acceptors (Lipinski definition) is 3. The average Bonchev–Trinajstić information content (AvgIpc) is 2.42. The van der Waals surface area contributed by atoms with Gasteiger partial charge in [-0.15, -0.1) is 0 Å². The zero-order chi connectivity index (χ0) is 10.7. The molecule has 3 nitrogen and oxygen atoms in total. The Kier molecular flexibility index (Phi) is 3.11. The molecule has 0 aromatic heterocycles. The summed E-state index contributed by atoms with van der Waals surface area (Å²) in [5.41, 5.74) is 7.14. The zero-order valence-corrected chi connectivity index (χ0v) is 9.03. The Morgan fingerprint density at radius 1 is 1.53 bits per heavy atom. The van der Waals surface area contributed by atoms with Crippen molar-refractivity contribution in [3.8, 4) is 11.5 Å². The highest BCUT2D eigenvalue weighted by Gasteiger charge is 2.16. The zero-order valence-electron chi connectivity index (χ0n) is 9.03. The quantitative estimate of drug-likeness (QED) is 0.809. The maximum Gasteiger partial charge on any atom is 0.124 e. The normalized spacial score (nSPS) is 20.0. The van der Waals surface area contributed by atoms with Crippen molar-refractivity contribution < 1.29 is 9.47 Å². The van der Waals surface area contributed by atoms with Crippen LogP contribution in [0.2, 0.25) is 0 Å². The number of nitrogens with two attached hydrogens (primary N) is 1. The van der Waals surface area contributed by atoms with E-state index in [1.165, 1.54) is 0 Å². The van der Waals surface area contributed by atoms with E-state index in [-0.39, 0.29) is 6.04 Å². The van der Waals surface area contributed by atoms with Crippen LogP contribution in [-0.4, -0.2) is 13.2 Å². The summed E-state index contributed by atoms with van der Waals surface area (Å²) in [5.74, 6) is 1.78. The maximum absolute atomic E-state index is 6.08. The number of rotatable bonds is 2. The van der Waals surface area contributed by atoms with Crippen LogP contribution < -0.4 is 15.2 Å². The first kappa shape index (κ1) is 10.3. The smallest absolute Gasteiger partial charge is 0.124 e. The summed E-state index contributed by atoms with van der Waals surface area (Å²) in [7, 11) is 0. The minimum atomic E-state index is 0.0721. The van der Waals surface area contributed by atoms with Gasteiger partial charge in [-0.3, -0.25) is 0 Å². The van der Waals surface area contributed by atoms with Gasteiger partial charge < -0.3 is 15.2 Å². The lowest BCUT2D eigenvalue weighted by molar-refractivity contribution is 0.314. The Bertz CT molecular complexity index is 338. The lowest BCUT2D eigenvalue weighted by atomic mass is 10.0. The SMILES string of the molecule is CCOc1ccc2c(c1)C(N)CCCO2. The van der Waals surface area contributed by atoms with Gasteiger partial charge in [0.05, 0.1) is 13.2 Å². The molecule has 0 aliphatic carbocycles. The third kappa shape index (κ3) is 2.23. The van der Waals surface area contributed by atoms with Crippen LogP contribution >= 0.6 is 0 Å². The fraction of sp³-hybridized carbons (Fsp3) is 0.500. The molecular formula is C12H17NO2. The highest BCUT2D eigenvalue weighted by Crippen LogP contribution is 2.32. The van der Waals surface area contributed by atoms with Gasteiger partial charge in [-0.25, -0.2) is 0 Å². The summed E-state index contributed by atoms with van der Waals surface area (Å²) in [6, 6.07) is 5.95. The third-order valence-corrected chi connectivity index (χ3v) is 2.61. The van der Waals surface area contributed by atoms with Crippen LogP contribution in [0.25, 0.3) is 0 Å². The largest absolute Gasteiger partial charge is 0.494 e. The number of fused-ring (bicyclic) bond motifs is 1. The molecule has 2 N–H and O–H groups in total. The molecule has 0 amide bonds. The van der Waals surface area contributed by atoms with E-state index >= 15 is 0 Å². The molecule has 1 aliphatic rings. The van der Waals surface area contributed by atoms with Crippen LogP contribution in [0.1, 0.15) is 31.4 Å². The summed E-state index contributed by atoms with van der Waals surface area (Å²) in [6.07, 6.45) is 1.99. The summed E-state index contributed by atoms with van der Waals surface area (Å²) >= 11 is 0. The average molecular weight is 207 g/mol. The number of benzene rings is 1. The molecule has 1 aromatic carbocycles. The van der Waals surface area contributed by atoms with Crippen LogP contribution in [0.5, 0.6) is 11.5 Å². The molecule has 1 aromatic rings. The fourth-order valence-electron chi connectivity index (χ4n) is 1.85. The molecule has 1 aliphatic heterocycles. The Hall–Kier alpha value is -1.22. The monoisotopic (exact) mass is 207 g/mol. The molecule has 0 spiro atoms. The van der Waals surface area contributed by atoms with E-state index in [4.69, 9.17) is 15.2 Å². The van der Waals surface area contributed by atoms with Crippen LogP contribution in [0.4, 0.5) is 0 Å². The van der Waals surface area contributed by atoms with Crippen molar-refractivity contribution in [3.63, 3.8) is 0 Å². The summed E-state index contributed by atoms with van der Waals surface area (Å²) in [6.45, 7) is 3.41. The van der Waals surface area contributed by atoms with Crippen molar-refractivity contribution in [1.82, 2.24) is 0 Å². The molecule has 3 heteroatoms. The van der Waals surface area contributed by atoms with Crippen LogP contribution in [0, 0.1) is 0 Å². The number of hydrogen-bond donors (Lipinski definition) is 1. The molecule has 0 fully saturated rings. The van der Waals surface area contributed by atoms with E-state index in [1.54, 1.807) is 0 Å². The molecular weight excluding hydrogens is 190 g/mol. The summed E-state index contributed by atoms with van der Waals surface area (Å²) in [4.78, 5) is 0. The van der Waals surface area contributed by atoms with E-state index in [0.29, 0.717) is 6.61 Å². The second-order valence-electron chi connectivity index (χ2n) is 3.73. The molecule has 0 radical (unpaired) electrons. The molecule has 0 saturated carbocycles. The van der Waals surface area contributed by atoms with Gasteiger partial charge in [-0.1, -0.05) is 0 Å². The summed E-state index contributed by atoms with van der Waals surface area (Å²) < 4.78 is 11.1. The van der Waals surface area contributed by atoms with Gasteiger partial charge >= 0.3 is 0 Å². The Balaban J connectivity index is 2.31. The Morgan fingerprint density at radius 3 is 3.20 bits per heavy atom. The highest BCUT2D eigenvalue weighted by atomic mass is 16.5. The van der Waals surface area contributed by atoms with E-state index in [2.05, 4.69) is 0 Å².